The number of ether oxygens (including phenoxy) is 1. The predicted molar refractivity (Wildman–Crippen MR) is 97.6 cm³/mol. The highest BCUT2D eigenvalue weighted by Crippen LogP contribution is 2.27. The molecule has 0 aliphatic carbocycles. The molecule has 2 amide bonds. The van der Waals surface area contributed by atoms with E-state index in [0.29, 0.717) is 13.1 Å². The van der Waals surface area contributed by atoms with Crippen LogP contribution in [0.25, 0.3) is 0 Å². The standard InChI is InChI=1S/C18H27N5O2/c1-14(13-23-11-7-10-20-23)21-18(24)19-12-16(22(2)3)15-8-5-6-9-17(15)25-4/h5-11,14,16H,12-13H2,1-4H3,(H2,19,21,24)/t14-,16-/m0/s1. The van der Waals surface area contributed by atoms with Crippen LogP contribution in [-0.2, 0) is 6.54 Å². The summed E-state index contributed by atoms with van der Waals surface area (Å²) in [5.41, 5.74) is 1.04. The Kier molecular flexibility index (Phi) is 6.82. The Morgan fingerprint density at radius 3 is 2.72 bits per heavy atom. The molecule has 2 N–H and O–H groups in total. The molecule has 0 spiro atoms. The van der Waals surface area contributed by atoms with E-state index in [1.54, 1.807) is 18.0 Å². The summed E-state index contributed by atoms with van der Waals surface area (Å²) in [6, 6.07) is 9.52. The minimum absolute atomic E-state index is 0.0170. The Hall–Kier alpha value is -2.54. The summed E-state index contributed by atoms with van der Waals surface area (Å²) in [7, 11) is 5.62. The van der Waals surface area contributed by atoms with Crippen LogP contribution in [0, 0.1) is 0 Å². The molecule has 2 rings (SSSR count). The van der Waals surface area contributed by atoms with Crippen LogP contribution in [-0.4, -0.2) is 54.5 Å². The molecular weight excluding hydrogens is 318 g/mol. The first-order valence-electron chi connectivity index (χ1n) is 8.32. The normalized spacial score (nSPS) is 13.3. The van der Waals surface area contributed by atoms with Crippen molar-refractivity contribution in [3.8, 4) is 5.75 Å². The van der Waals surface area contributed by atoms with Crippen LogP contribution in [0.15, 0.2) is 42.7 Å². The molecule has 0 fully saturated rings. The lowest BCUT2D eigenvalue weighted by Gasteiger charge is -2.27. The fourth-order valence-corrected chi connectivity index (χ4v) is 2.71. The third kappa shape index (κ3) is 5.49. The van der Waals surface area contributed by atoms with Gasteiger partial charge in [0.2, 0.25) is 0 Å². The second-order valence-corrected chi connectivity index (χ2v) is 6.20. The van der Waals surface area contributed by atoms with Crippen LogP contribution in [0.3, 0.4) is 0 Å². The maximum atomic E-state index is 12.2. The van der Waals surface area contributed by atoms with E-state index < -0.39 is 0 Å². The zero-order valence-electron chi connectivity index (χ0n) is 15.3. The zero-order chi connectivity index (χ0) is 18.2. The average molecular weight is 345 g/mol. The van der Waals surface area contributed by atoms with Crippen LogP contribution in [0.4, 0.5) is 4.79 Å². The van der Waals surface area contributed by atoms with Gasteiger partial charge in [0.1, 0.15) is 5.75 Å². The van der Waals surface area contributed by atoms with Crippen molar-refractivity contribution in [3.05, 3.63) is 48.3 Å². The third-order valence-corrected chi connectivity index (χ3v) is 3.97. The number of para-hydroxylation sites is 1. The van der Waals surface area contributed by atoms with Crippen molar-refractivity contribution in [1.29, 1.82) is 0 Å². The predicted octanol–water partition coefficient (Wildman–Crippen LogP) is 1.88. The Labute approximate surface area is 149 Å². The summed E-state index contributed by atoms with van der Waals surface area (Å²) < 4.78 is 7.24. The summed E-state index contributed by atoms with van der Waals surface area (Å²) >= 11 is 0. The monoisotopic (exact) mass is 345 g/mol. The number of urea groups is 1. The smallest absolute Gasteiger partial charge is 0.315 e. The van der Waals surface area contributed by atoms with Crippen LogP contribution in [0.2, 0.25) is 0 Å². The molecule has 2 atom stereocenters. The van der Waals surface area contributed by atoms with Crippen molar-refractivity contribution < 1.29 is 9.53 Å². The van der Waals surface area contributed by atoms with Crippen molar-refractivity contribution in [2.75, 3.05) is 27.7 Å². The quantitative estimate of drug-likeness (QED) is 0.766. The van der Waals surface area contributed by atoms with E-state index in [-0.39, 0.29) is 18.1 Å². The topological polar surface area (TPSA) is 71.4 Å². The van der Waals surface area contributed by atoms with Crippen LogP contribution in [0.1, 0.15) is 18.5 Å². The highest BCUT2D eigenvalue weighted by atomic mass is 16.5. The summed E-state index contributed by atoms with van der Waals surface area (Å²) in [4.78, 5) is 14.3. The second-order valence-electron chi connectivity index (χ2n) is 6.20. The highest BCUT2D eigenvalue weighted by molar-refractivity contribution is 5.74. The number of rotatable bonds is 8. The van der Waals surface area contributed by atoms with Gasteiger partial charge in [0.05, 0.1) is 19.7 Å². The molecule has 0 saturated carbocycles. The molecule has 0 saturated heterocycles. The number of carbonyl (C=O) groups excluding carboxylic acids is 1. The van der Waals surface area contributed by atoms with Gasteiger partial charge in [-0.25, -0.2) is 4.79 Å². The molecule has 1 aromatic carbocycles. The first kappa shape index (κ1) is 18.8. The molecule has 0 radical (unpaired) electrons. The number of benzene rings is 1. The van der Waals surface area contributed by atoms with Crippen molar-refractivity contribution in [2.45, 2.75) is 25.6 Å². The molecule has 0 aliphatic rings. The molecule has 136 valence electrons. The van der Waals surface area contributed by atoms with Gasteiger partial charge in [-0.15, -0.1) is 0 Å². The van der Waals surface area contributed by atoms with E-state index in [2.05, 4.69) is 20.6 Å². The first-order chi connectivity index (χ1) is 12.0. The molecule has 1 heterocycles. The number of aromatic nitrogens is 2. The molecule has 7 heteroatoms. The Balaban J connectivity index is 1.91. The van der Waals surface area contributed by atoms with Gasteiger partial charge in [-0.3, -0.25) is 4.68 Å². The number of likely N-dealkylation sites (N-methyl/N-ethyl adjacent to an activating group) is 1. The van der Waals surface area contributed by atoms with E-state index in [1.165, 1.54) is 0 Å². The summed E-state index contributed by atoms with van der Waals surface area (Å²) in [6.45, 7) is 3.06. The Bertz CT molecular complexity index is 657. The van der Waals surface area contributed by atoms with Gasteiger partial charge in [0, 0.05) is 30.5 Å². The molecule has 1 aromatic heterocycles. The van der Waals surface area contributed by atoms with Gasteiger partial charge in [0.15, 0.2) is 0 Å². The Morgan fingerprint density at radius 2 is 2.08 bits per heavy atom. The van der Waals surface area contributed by atoms with Crippen molar-refractivity contribution >= 4 is 6.03 Å². The minimum atomic E-state index is -0.193. The maximum absolute atomic E-state index is 12.2. The number of hydrogen-bond donors (Lipinski definition) is 2. The fraction of sp³-hybridized carbons (Fsp3) is 0.444. The maximum Gasteiger partial charge on any atom is 0.315 e. The highest BCUT2D eigenvalue weighted by Gasteiger charge is 2.19. The first-order valence-corrected chi connectivity index (χ1v) is 8.32. The number of carbonyl (C=O) groups is 1. The van der Waals surface area contributed by atoms with Crippen LogP contribution in [0.5, 0.6) is 5.75 Å². The molecule has 0 aliphatic heterocycles. The molecular formula is C18H27N5O2. The number of nitrogens with one attached hydrogen (secondary N) is 2. The zero-order valence-corrected chi connectivity index (χ0v) is 15.3. The van der Waals surface area contributed by atoms with Gasteiger partial charge in [-0.2, -0.15) is 5.10 Å². The summed E-state index contributed by atoms with van der Waals surface area (Å²) in [6.07, 6.45) is 3.60. The molecule has 2 aromatic rings. The van der Waals surface area contributed by atoms with Crippen molar-refractivity contribution in [2.24, 2.45) is 0 Å². The second kappa shape index (κ2) is 9.08. The van der Waals surface area contributed by atoms with Gasteiger partial charge in [-0.05, 0) is 33.2 Å². The van der Waals surface area contributed by atoms with Gasteiger partial charge >= 0.3 is 6.03 Å². The van der Waals surface area contributed by atoms with E-state index in [9.17, 15) is 4.79 Å². The van der Waals surface area contributed by atoms with E-state index >= 15 is 0 Å². The summed E-state index contributed by atoms with van der Waals surface area (Å²) in [5.74, 6) is 0.815. The lowest BCUT2D eigenvalue weighted by atomic mass is 10.0. The number of amides is 2. The molecule has 25 heavy (non-hydrogen) atoms. The largest absolute Gasteiger partial charge is 0.496 e. The lowest BCUT2D eigenvalue weighted by Crippen LogP contribution is -2.45. The van der Waals surface area contributed by atoms with Crippen LogP contribution < -0.4 is 15.4 Å². The number of methoxy groups -OCH3 is 1. The van der Waals surface area contributed by atoms with E-state index in [1.807, 2.05) is 57.5 Å². The van der Waals surface area contributed by atoms with Gasteiger partial charge in [-0.1, -0.05) is 18.2 Å². The number of hydrogen-bond acceptors (Lipinski definition) is 4. The SMILES string of the molecule is COc1ccccc1[C@H](CNC(=O)N[C@@H](C)Cn1cccn1)N(C)C. The molecule has 7 nitrogen and oxygen atoms in total. The van der Waals surface area contributed by atoms with Gasteiger partial charge in [0.25, 0.3) is 0 Å². The van der Waals surface area contributed by atoms with Crippen molar-refractivity contribution in [3.63, 3.8) is 0 Å². The van der Waals surface area contributed by atoms with Crippen LogP contribution >= 0.6 is 0 Å². The Morgan fingerprint density at radius 1 is 1.32 bits per heavy atom. The fourth-order valence-electron chi connectivity index (χ4n) is 2.71. The van der Waals surface area contributed by atoms with Gasteiger partial charge < -0.3 is 20.3 Å². The minimum Gasteiger partial charge on any atom is -0.496 e. The van der Waals surface area contributed by atoms with E-state index in [4.69, 9.17) is 4.74 Å². The summed E-state index contributed by atoms with van der Waals surface area (Å²) in [5, 5.41) is 10.0. The van der Waals surface area contributed by atoms with Crippen molar-refractivity contribution in [1.82, 2.24) is 25.3 Å². The molecule has 0 bridgehead atoms. The van der Waals surface area contributed by atoms with E-state index in [0.717, 1.165) is 11.3 Å². The lowest BCUT2D eigenvalue weighted by molar-refractivity contribution is 0.227. The molecule has 0 unspecified atom stereocenters. The average Bonchev–Trinajstić information content (AvgIpc) is 3.07. The number of nitrogens with zero attached hydrogens (tertiary/aromatic N) is 3. The third-order valence-electron chi connectivity index (χ3n) is 3.97.